The number of carbonyl (C=O) groups is 1. The minimum absolute atomic E-state index is 0.218. The highest BCUT2D eigenvalue weighted by Crippen LogP contribution is 2.32. The molecule has 2 saturated heterocycles. The monoisotopic (exact) mass is 475 g/mol. The molecule has 0 spiro atoms. The lowest BCUT2D eigenvalue weighted by Crippen LogP contribution is -2.34. The molecule has 4 N–H and O–H groups in total. The predicted octanol–water partition coefficient (Wildman–Crippen LogP) is 3.04. The van der Waals surface area contributed by atoms with Gasteiger partial charge >= 0.3 is 0 Å². The van der Waals surface area contributed by atoms with Crippen molar-refractivity contribution >= 4 is 16.9 Å². The summed E-state index contributed by atoms with van der Waals surface area (Å²) >= 11 is 0. The Morgan fingerprint density at radius 1 is 1.00 bits per heavy atom. The van der Waals surface area contributed by atoms with Crippen LogP contribution in [-0.2, 0) is 9.47 Å². The van der Waals surface area contributed by atoms with E-state index < -0.39 is 23.9 Å². The number of hydrogen-bond donors (Lipinski definition) is 3. The fourth-order valence-electron chi connectivity index (χ4n) is 4.63. The first-order valence-electron chi connectivity index (χ1n) is 11.2. The first-order chi connectivity index (χ1) is 17.0. The number of carbonyl (C=O) groups excluding carboxylic acids is 1. The van der Waals surface area contributed by atoms with E-state index in [0.717, 1.165) is 11.1 Å². The molecule has 0 bridgehead atoms. The fraction of sp³-hybridized carbons (Fsp3) is 0.231. The third kappa shape index (κ3) is 3.93. The van der Waals surface area contributed by atoms with Crippen LogP contribution in [0.25, 0.3) is 33.4 Å². The Labute approximate surface area is 199 Å². The topological polar surface area (TPSA) is 120 Å². The van der Waals surface area contributed by atoms with Crippen LogP contribution in [0.5, 0.6) is 5.88 Å². The van der Waals surface area contributed by atoms with E-state index >= 15 is 0 Å². The van der Waals surface area contributed by atoms with Gasteiger partial charge in [-0.1, -0.05) is 36.4 Å². The second-order valence-electron chi connectivity index (χ2n) is 8.72. The third-order valence-corrected chi connectivity index (χ3v) is 6.45. The van der Waals surface area contributed by atoms with E-state index in [1.165, 1.54) is 6.07 Å². The summed E-state index contributed by atoms with van der Waals surface area (Å²) in [6.45, 7) is 0.516. The summed E-state index contributed by atoms with van der Waals surface area (Å²) in [6.07, 6.45) is -1.77. The van der Waals surface area contributed by atoms with E-state index in [4.69, 9.17) is 19.9 Å². The number of pyridine rings is 1. The summed E-state index contributed by atoms with van der Waals surface area (Å²) in [4.78, 5) is 18.8. The molecule has 0 saturated carbocycles. The van der Waals surface area contributed by atoms with Gasteiger partial charge in [-0.15, -0.1) is 0 Å². The van der Waals surface area contributed by atoms with Gasteiger partial charge < -0.3 is 30.0 Å². The normalized spacial score (nSPS) is 23.5. The first kappa shape index (κ1) is 21.7. The molecule has 2 aliphatic rings. The summed E-state index contributed by atoms with van der Waals surface area (Å²) in [7, 11) is 0. The van der Waals surface area contributed by atoms with Gasteiger partial charge in [0.15, 0.2) is 17.8 Å². The van der Waals surface area contributed by atoms with Crippen molar-refractivity contribution in [3.63, 3.8) is 0 Å². The number of benzene rings is 2. The molecule has 0 unspecified atom stereocenters. The number of H-pyrrole nitrogens is 1. The van der Waals surface area contributed by atoms with Crippen molar-refractivity contribution in [2.45, 2.75) is 24.4 Å². The number of primary amides is 1. The molecule has 8 nitrogen and oxygen atoms in total. The first-order valence-corrected chi connectivity index (χ1v) is 11.2. The number of aromatic amines is 1. The number of fused-ring (bicyclic) bond motifs is 2. The van der Waals surface area contributed by atoms with Crippen LogP contribution < -0.4 is 10.5 Å². The number of nitrogens with zero attached hydrogens (tertiary/aromatic N) is 1. The number of rotatable bonds is 5. The molecule has 0 aliphatic carbocycles. The summed E-state index contributed by atoms with van der Waals surface area (Å²) in [5.41, 5.74) is 9.49. The Kier molecular flexibility index (Phi) is 5.25. The smallest absolute Gasteiger partial charge is 0.248 e. The number of amides is 1. The lowest BCUT2D eigenvalue weighted by molar-refractivity contribution is 0.00794. The number of ether oxygens (including phenoxy) is 3. The van der Waals surface area contributed by atoms with Crippen LogP contribution in [0, 0.1) is 5.82 Å². The summed E-state index contributed by atoms with van der Waals surface area (Å²) in [5.74, 6) is -0.511. The molecule has 0 radical (unpaired) electrons. The molecule has 4 atom stereocenters. The van der Waals surface area contributed by atoms with Gasteiger partial charge in [-0.05, 0) is 23.3 Å². The maximum atomic E-state index is 14.9. The maximum Gasteiger partial charge on any atom is 0.248 e. The number of halogens is 1. The lowest BCUT2D eigenvalue weighted by Gasteiger charge is -2.16. The van der Waals surface area contributed by atoms with Crippen molar-refractivity contribution in [3.8, 4) is 28.3 Å². The molecule has 2 aliphatic heterocycles. The Balaban J connectivity index is 1.23. The van der Waals surface area contributed by atoms with Gasteiger partial charge in [0, 0.05) is 23.3 Å². The van der Waals surface area contributed by atoms with Crippen molar-refractivity contribution in [1.29, 1.82) is 0 Å². The van der Waals surface area contributed by atoms with Crippen LogP contribution in [0.1, 0.15) is 10.4 Å². The molecule has 4 heterocycles. The van der Waals surface area contributed by atoms with Crippen LogP contribution in [0.4, 0.5) is 4.39 Å². The molecule has 9 heteroatoms. The zero-order valence-electron chi connectivity index (χ0n) is 18.5. The Morgan fingerprint density at radius 3 is 2.37 bits per heavy atom. The minimum Gasteiger partial charge on any atom is -0.470 e. The van der Waals surface area contributed by atoms with E-state index in [9.17, 15) is 14.3 Å². The molecule has 178 valence electrons. The van der Waals surface area contributed by atoms with Crippen molar-refractivity contribution in [2.24, 2.45) is 5.73 Å². The van der Waals surface area contributed by atoms with Crippen LogP contribution in [0.15, 0.2) is 60.7 Å². The van der Waals surface area contributed by atoms with Crippen LogP contribution in [-0.4, -0.2) is 58.6 Å². The Hall–Kier alpha value is -3.79. The highest BCUT2D eigenvalue weighted by Gasteiger charge is 2.48. The van der Waals surface area contributed by atoms with Gasteiger partial charge in [0.2, 0.25) is 5.91 Å². The number of aliphatic hydroxyl groups excluding tert-OH is 1. The number of aliphatic hydroxyl groups is 1. The molecule has 35 heavy (non-hydrogen) atoms. The van der Waals surface area contributed by atoms with E-state index in [-0.39, 0.29) is 24.5 Å². The number of nitrogens with two attached hydrogens (primary N) is 1. The molecule has 2 fully saturated rings. The SMILES string of the molecule is NC(=O)c1ccc(-c2ccc(-c3nc4cc(O[C@@H]5CO[C@H]6[C@@H]5OC[C@H]6O)[nH]c4cc3F)cc2)cc1. The lowest BCUT2D eigenvalue weighted by atomic mass is 10.0. The van der Waals surface area contributed by atoms with Crippen molar-refractivity contribution in [1.82, 2.24) is 9.97 Å². The zero-order chi connectivity index (χ0) is 24.1. The Bertz CT molecular complexity index is 1400. The maximum absolute atomic E-state index is 14.9. The standard InChI is InChI=1S/C26H22FN3O5/c27-17-9-18-19(10-22(29-18)35-21-12-34-24-20(31)11-33-25(21)24)30-23(17)15-5-1-13(2-6-15)14-3-7-16(8-4-14)26(28)32/h1-10,20-21,24-25,29,31H,11-12H2,(H2,28,32)/t20-,21-,24-,25-/m1/s1. The van der Waals surface area contributed by atoms with Crippen molar-refractivity contribution in [3.05, 3.63) is 72.0 Å². The number of aromatic nitrogens is 2. The molecule has 1 amide bonds. The summed E-state index contributed by atoms with van der Waals surface area (Å²) in [6, 6.07) is 17.4. The van der Waals surface area contributed by atoms with Crippen molar-refractivity contribution < 1.29 is 28.5 Å². The van der Waals surface area contributed by atoms with E-state index in [2.05, 4.69) is 9.97 Å². The van der Waals surface area contributed by atoms with E-state index in [0.29, 0.717) is 34.6 Å². The van der Waals surface area contributed by atoms with E-state index in [1.54, 1.807) is 30.3 Å². The minimum atomic E-state index is -0.657. The van der Waals surface area contributed by atoms with Gasteiger partial charge in [0.25, 0.3) is 0 Å². The van der Waals surface area contributed by atoms with Gasteiger partial charge in [0.05, 0.1) is 24.2 Å². The number of hydrogen-bond acceptors (Lipinski definition) is 6. The average molecular weight is 475 g/mol. The quantitative estimate of drug-likeness (QED) is 0.408. The van der Waals surface area contributed by atoms with Gasteiger partial charge in [0.1, 0.15) is 24.0 Å². The second-order valence-corrected chi connectivity index (χ2v) is 8.72. The van der Waals surface area contributed by atoms with Gasteiger partial charge in [-0.25, -0.2) is 9.37 Å². The van der Waals surface area contributed by atoms with E-state index in [1.807, 2.05) is 24.3 Å². The molecule has 4 aromatic rings. The van der Waals surface area contributed by atoms with Crippen molar-refractivity contribution in [2.75, 3.05) is 13.2 Å². The summed E-state index contributed by atoms with van der Waals surface area (Å²) < 4.78 is 32.1. The molecule has 6 rings (SSSR count). The van der Waals surface area contributed by atoms with Crippen LogP contribution in [0.2, 0.25) is 0 Å². The summed E-state index contributed by atoms with van der Waals surface area (Å²) in [5, 5.41) is 9.90. The van der Waals surface area contributed by atoms with Crippen LogP contribution in [0.3, 0.4) is 0 Å². The highest BCUT2D eigenvalue weighted by molar-refractivity contribution is 5.93. The zero-order valence-corrected chi connectivity index (χ0v) is 18.5. The highest BCUT2D eigenvalue weighted by atomic mass is 19.1. The van der Waals surface area contributed by atoms with Crippen LogP contribution >= 0.6 is 0 Å². The largest absolute Gasteiger partial charge is 0.470 e. The van der Waals surface area contributed by atoms with Gasteiger partial charge in [-0.2, -0.15) is 0 Å². The third-order valence-electron chi connectivity index (χ3n) is 6.45. The molecular formula is C26H22FN3O5. The molecule has 2 aromatic heterocycles. The predicted molar refractivity (Wildman–Crippen MR) is 125 cm³/mol. The average Bonchev–Trinajstić information content (AvgIpc) is 3.55. The molecular weight excluding hydrogens is 453 g/mol. The Morgan fingerprint density at radius 2 is 1.66 bits per heavy atom. The fourth-order valence-corrected chi connectivity index (χ4v) is 4.63. The number of nitrogens with one attached hydrogen (secondary N) is 1. The molecule has 2 aromatic carbocycles. The second kappa shape index (κ2) is 8.46. The van der Waals surface area contributed by atoms with Gasteiger partial charge in [-0.3, -0.25) is 4.79 Å².